The molecule has 0 aromatic carbocycles. The van der Waals surface area contributed by atoms with Gasteiger partial charge < -0.3 is 15.1 Å². The second-order valence-electron chi connectivity index (χ2n) is 4.70. The van der Waals surface area contributed by atoms with E-state index in [0.717, 1.165) is 38.7 Å². The standard InChI is InChI=1S/C14H23FN4S/c1-2-16-14(17-7-4-6-15)19-10-8-18(9-11-19)13-5-3-12-20-13/h3,5,12H,2,4,6-11H2,1H3,(H,16,17). The van der Waals surface area contributed by atoms with Gasteiger partial charge in [0, 0.05) is 39.3 Å². The van der Waals surface area contributed by atoms with Gasteiger partial charge in [0.25, 0.3) is 0 Å². The van der Waals surface area contributed by atoms with Crippen LogP contribution in [0.25, 0.3) is 0 Å². The molecule has 1 fully saturated rings. The average molecular weight is 298 g/mol. The molecular weight excluding hydrogens is 275 g/mol. The van der Waals surface area contributed by atoms with E-state index in [9.17, 15) is 4.39 Å². The fourth-order valence-corrected chi connectivity index (χ4v) is 3.04. The van der Waals surface area contributed by atoms with E-state index in [1.807, 2.05) is 0 Å². The molecule has 6 heteroatoms. The molecule has 0 spiro atoms. The van der Waals surface area contributed by atoms with E-state index in [1.54, 1.807) is 11.3 Å². The van der Waals surface area contributed by atoms with Crippen molar-refractivity contribution in [3.63, 3.8) is 0 Å². The molecule has 0 bridgehead atoms. The minimum Gasteiger partial charge on any atom is -0.360 e. The van der Waals surface area contributed by atoms with Crippen LogP contribution in [0.15, 0.2) is 22.5 Å². The second kappa shape index (κ2) is 8.09. The number of hydrogen-bond acceptors (Lipinski definition) is 3. The maximum Gasteiger partial charge on any atom is 0.194 e. The van der Waals surface area contributed by atoms with Crippen LogP contribution in [0.2, 0.25) is 0 Å². The summed E-state index contributed by atoms with van der Waals surface area (Å²) in [4.78, 5) is 9.17. The Morgan fingerprint density at radius 2 is 2.20 bits per heavy atom. The van der Waals surface area contributed by atoms with Crippen molar-refractivity contribution in [2.45, 2.75) is 13.3 Å². The number of aliphatic imine (C=N–C) groups is 1. The summed E-state index contributed by atoms with van der Waals surface area (Å²) in [6.07, 6.45) is 0.504. The predicted molar refractivity (Wildman–Crippen MR) is 84.7 cm³/mol. The molecule has 1 N–H and O–H groups in total. The molecule has 0 atom stereocenters. The fraction of sp³-hybridized carbons (Fsp3) is 0.643. The molecule has 0 amide bonds. The minimum atomic E-state index is -0.297. The lowest BCUT2D eigenvalue weighted by atomic mass is 10.3. The normalized spacial score (nSPS) is 16.6. The Labute approximate surface area is 124 Å². The Balaban J connectivity index is 1.88. The monoisotopic (exact) mass is 298 g/mol. The lowest BCUT2D eigenvalue weighted by Gasteiger charge is -2.37. The minimum absolute atomic E-state index is 0.297. The summed E-state index contributed by atoms with van der Waals surface area (Å²) in [5.74, 6) is 0.923. The van der Waals surface area contributed by atoms with Crippen molar-refractivity contribution in [1.29, 1.82) is 0 Å². The van der Waals surface area contributed by atoms with Gasteiger partial charge in [0.15, 0.2) is 5.96 Å². The number of alkyl halides is 1. The largest absolute Gasteiger partial charge is 0.360 e. The average Bonchev–Trinajstić information content (AvgIpc) is 3.01. The van der Waals surface area contributed by atoms with Crippen molar-refractivity contribution in [2.24, 2.45) is 4.99 Å². The second-order valence-corrected chi connectivity index (χ2v) is 5.63. The highest BCUT2D eigenvalue weighted by Crippen LogP contribution is 2.22. The van der Waals surface area contributed by atoms with E-state index in [4.69, 9.17) is 0 Å². The van der Waals surface area contributed by atoms with Crippen molar-refractivity contribution >= 4 is 22.3 Å². The van der Waals surface area contributed by atoms with Crippen LogP contribution in [-0.2, 0) is 0 Å². The molecule has 0 radical (unpaired) electrons. The van der Waals surface area contributed by atoms with E-state index in [1.165, 1.54) is 5.00 Å². The van der Waals surface area contributed by atoms with Gasteiger partial charge in [-0.3, -0.25) is 9.38 Å². The number of guanidine groups is 1. The molecular formula is C14H23FN4S. The molecule has 112 valence electrons. The van der Waals surface area contributed by atoms with Gasteiger partial charge in [0.2, 0.25) is 0 Å². The molecule has 1 aliphatic rings. The lowest BCUT2D eigenvalue weighted by Crippen LogP contribution is -2.52. The van der Waals surface area contributed by atoms with Crippen LogP contribution < -0.4 is 10.2 Å². The molecule has 1 saturated heterocycles. The van der Waals surface area contributed by atoms with Crippen LogP contribution in [0.5, 0.6) is 0 Å². The molecule has 1 aromatic heterocycles. The topological polar surface area (TPSA) is 30.9 Å². The third kappa shape index (κ3) is 4.10. The number of piperazine rings is 1. The van der Waals surface area contributed by atoms with Crippen molar-refractivity contribution < 1.29 is 4.39 Å². The summed E-state index contributed by atoms with van der Waals surface area (Å²) in [7, 11) is 0. The van der Waals surface area contributed by atoms with Crippen molar-refractivity contribution in [3.05, 3.63) is 17.5 Å². The van der Waals surface area contributed by atoms with Gasteiger partial charge in [0.05, 0.1) is 11.7 Å². The van der Waals surface area contributed by atoms with Gasteiger partial charge in [-0.1, -0.05) is 0 Å². The molecule has 2 heterocycles. The number of hydrogen-bond donors (Lipinski definition) is 1. The Bertz CT molecular complexity index is 399. The van der Waals surface area contributed by atoms with Crippen molar-refractivity contribution in [1.82, 2.24) is 10.2 Å². The third-order valence-electron chi connectivity index (χ3n) is 3.29. The summed E-state index contributed by atoms with van der Waals surface area (Å²) < 4.78 is 12.2. The van der Waals surface area contributed by atoms with Gasteiger partial charge in [0.1, 0.15) is 0 Å². The first-order chi connectivity index (χ1) is 9.85. The summed E-state index contributed by atoms with van der Waals surface area (Å²) >= 11 is 1.79. The summed E-state index contributed by atoms with van der Waals surface area (Å²) in [5, 5.41) is 6.75. The maximum atomic E-state index is 12.2. The zero-order valence-electron chi connectivity index (χ0n) is 12.0. The number of thiophene rings is 1. The van der Waals surface area contributed by atoms with Gasteiger partial charge in [-0.15, -0.1) is 11.3 Å². The Hall–Kier alpha value is -1.30. The number of nitrogens with one attached hydrogen (secondary N) is 1. The zero-order valence-corrected chi connectivity index (χ0v) is 12.8. The Kier molecular flexibility index (Phi) is 6.11. The molecule has 2 rings (SSSR count). The van der Waals surface area contributed by atoms with Crippen molar-refractivity contribution in [2.75, 3.05) is 50.8 Å². The van der Waals surface area contributed by atoms with Crippen LogP contribution in [0.4, 0.5) is 9.39 Å². The summed E-state index contributed by atoms with van der Waals surface area (Å²) in [6.45, 7) is 7.10. The first-order valence-corrected chi connectivity index (χ1v) is 8.10. The molecule has 0 unspecified atom stereocenters. The van der Waals surface area contributed by atoms with Crippen molar-refractivity contribution in [3.8, 4) is 0 Å². The Morgan fingerprint density at radius 1 is 1.40 bits per heavy atom. The summed E-state index contributed by atoms with van der Waals surface area (Å²) in [6, 6.07) is 4.26. The van der Waals surface area contributed by atoms with E-state index >= 15 is 0 Å². The van der Waals surface area contributed by atoms with Crippen LogP contribution in [0.3, 0.4) is 0 Å². The number of rotatable bonds is 5. The molecule has 1 aromatic rings. The highest BCUT2D eigenvalue weighted by atomic mass is 32.1. The molecule has 0 saturated carbocycles. The van der Waals surface area contributed by atoms with E-state index in [2.05, 4.69) is 44.5 Å². The van der Waals surface area contributed by atoms with Gasteiger partial charge in [-0.25, -0.2) is 0 Å². The van der Waals surface area contributed by atoms with E-state index in [0.29, 0.717) is 13.0 Å². The van der Waals surface area contributed by atoms with Crippen LogP contribution in [0.1, 0.15) is 13.3 Å². The Morgan fingerprint density at radius 3 is 2.80 bits per heavy atom. The number of anilines is 1. The first-order valence-electron chi connectivity index (χ1n) is 7.23. The van der Waals surface area contributed by atoms with Crippen LogP contribution in [0, 0.1) is 0 Å². The number of halogens is 1. The van der Waals surface area contributed by atoms with Crippen LogP contribution in [-0.4, -0.2) is 56.8 Å². The van der Waals surface area contributed by atoms with Gasteiger partial charge in [-0.2, -0.15) is 0 Å². The lowest BCUT2D eigenvalue weighted by molar-refractivity contribution is 0.372. The number of nitrogens with zero attached hydrogens (tertiary/aromatic N) is 3. The highest BCUT2D eigenvalue weighted by Gasteiger charge is 2.19. The molecule has 1 aliphatic heterocycles. The molecule has 20 heavy (non-hydrogen) atoms. The predicted octanol–water partition coefficient (Wildman–Crippen LogP) is 2.20. The SMILES string of the molecule is CCNC(=NCCCF)N1CCN(c2cccs2)CC1. The van der Waals surface area contributed by atoms with E-state index in [-0.39, 0.29) is 6.67 Å². The molecule has 4 nitrogen and oxygen atoms in total. The smallest absolute Gasteiger partial charge is 0.194 e. The third-order valence-corrected chi connectivity index (χ3v) is 4.21. The van der Waals surface area contributed by atoms with Gasteiger partial charge in [-0.05, 0) is 30.9 Å². The van der Waals surface area contributed by atoms with Crippen LogP contribution >= 0.6 is 11.3 Å². The van der Waals surface area contributed by atoms with E-state index < -0.39 is 0 Å². The van der Waals surface area contributed by atoms with Gasteiger partial charge >= 0.3 is 0 Å². The first kappa shape index (κ1) is 15.1. The fourth-order valence-electron chi connectivity index (χ4n) is 2.26. The molecule has 0 aliphatic carbocycles. The summed E-state index contributed by atoms with van der Waals surface area (Å²) in [5.41, 5.74) is 0. The maximum absolute atomic E-state index is 12.2. The zero-order chi connectivity index (χ0) is 14.2. The highest BCUT2D eigenvalue weighted by molar-refractivity contribution is 7.14. The quantitative estimate of drug-likeness (QED) is 0.513.